The molecule has 2 N–H and O–H groups in total. The van der Waals surface area contributed by atoms with E-state index in [4.69, 9.17) is 19.2 Å². The van der Waals surface area contributed by atoms with Crippen molar-refractivity contribution in [2.75, 3.05) is 45.3 Å². The van der Waals surface area contributed by atoms with E-state index in [2.05, 4.69) is 17.4 Å². The molecule has 39 heavy (non-hydrogen) atoms. The number of fused-ring (bicyclic) bond motifs is 1. The highest BCUT2D eigenvalue weighted by Crippen LogP contribution is 2.39. The number of nitrogens with zero attached hydrogens (tertiary/aromatic N) is 2. The first-order valence-electron chi connectivity index (χ1n) is 14.3. The Bertz CT molecular complexity index is 1140. The van der Waals surface area contributed by atoms with Gasteiger partial charge in [-0.05, 0) is 80.7 Å². The number of carboxylic acids is 1. The highest BCUT2D eigenvalue weighted by Gasteiger charge is 2.37. The molecule has 3 atom stereocenters. The van der Waals surface area contributed by atoms with Gasteiger partial charge in [-0.2, -0.15) is 0 Å². The highest BCUT2D eigenvalue weighted by molar-refractivity contribution is 5.77. The Hall–Kier alpha value is -2.75. The lowest BCUT2D eigenvalue weighted by Crippen LogP contribution is -2.34. The number of rotatable bonds is 12. The molecule has 0 spiro atoms. The second kappa shape index (κ2) is 13.1. The molecule has 4 heterocycles. The number of aromatic nitrogens is 1. The van der Waals surface area contributed by atoms with Crippen LogP contribution >= 0.6 is 0 Å². The van der Waals surface area contributed by atoms with Crippen LogP contribution in [0.2, 0.25) is 0 Å². The number of hydrogen-bond donors (Lipinski definition) is 2. The van der Waals surface area contributed by atoms with Crippen LogP contribution in [0.25, 0.3) is 0 Å². The Kier molecular flexibility index (Phi) is 9.32. The van der Waals surface area contributed by atoms with Crippen LogP contribution in [0.3, 0.4) is 0 Å². The summed E-state index contributed by atoms with van der Waals surface area (Å²) in [7, 11) is 1.38. The molecule has 212 valence electrons. The van der Waals surface area contributed by atoms with Crippen molar-refractivity contribution in [1.82, 2.24) is 9.88 Å². The third-order valence-electron chi connectivity index (χ3n) is 8.05. The molecule has 0 amide bonds. The second-order valence-corrected chi connectivity index (χ2v) is 10.8. The Balaban J connectivity index is 1.11. The van der Waals surface area contributed by atoms with E-state index >= 15 is 0 Å². The van der Waals surface area contributed by atoms with E-state index in [1.807, 2.05) is 4.90 Å². The van der Waals surface area contributed by atoms with E-state index in [0.29, 0.717) is 37.4 Å². The molecule has 3 aliphatic heterocycles. The van der Waals surface area contributed by atoms with Crippen LogP contribution in [0.1, 0.15) is 79.5 Å². The Morgan fingerprint density at radius 3 is 2.95 bits per heavy atom. The summed E-state index contributed by atoms with van der Waals surface area (Å²) in [6.07, 6.45) is 8.46. The summed E-state index contributed by atoms with van der Waals surface area (Å²) in [4.78, 5) is 19.1. The zero-order valence-corrected chi connectivity index (χ0v) is 22.8. The van der Waals surface area contributed by atoms with Gasteiger partial charge in [0, 0.05) is 44.1 Å². The first-order chi connectivity index (χ1) is 19.0. The third kappa shape index (κ3) is 6.70. The van der Waals surface area contributed by atoms with Gasteiger partial charge >= 0.3 is 5.97 Å². The second-order valence-electron chi connectivity index (χ2n) is 10.8. The minimum Gasteiger partial charge on any atom is -0.493 e. The summed E-state index contributed by atoms with van der Waals surface area (Å²) in [6, 6.07) is 6.49. The van der Waals surface area contributed by atoms with Gasteiger partial charge in [0.05, 0.1) is 19.3 Å². The summed E-state index contributed by atoms with van der Waals surface area (Å²) < 4.78 is 32.2. The molecule has 2 fully saturated rings. The maximum atomic E-state index is 15.0. The van der Waals surface area contributed by atoms with Crippen molar-refractivity contribution >= 4 is 11.8 Å². The average Bonchev–Trinajstić information content (AvgIpc) is 3.63. The number of aryl methyl sites for hydroxylation is 2. The molecule has 1 aromatic carbocycles. The predicted octanol–water partition coefficient (Wildman–Crippen LogP) is 5.07. The maximum Gasteiger partial charge on any atom is 0.325 e. The lowest BCUT2D eigenvalue weighted by Gasteiger charge is -2.27. The highest BCUT2D eigenvalue weighted by atomic mass is 19.1. The third-order valence-corrected chi connectivity index (χ3v) is 8.05. The molecule has 8 nitrogen and oxygen atoms in total. The zero-order valence-electron chi connectivity index (χ0n) is 22.8. The van der Waals surface area contributed by atoms with Gasteiger partial charge in [-0.15, -0.1) is 0 Å². The minimum absolute atomic E-state index is 0.0160. The quantitative estimate of drug-likeness (QED) is 0.360. The lowest BCUT2D eigenvalue weighted by molar-refractivity contribution is -0.143. The van der Waals surface area contributed by atoms with Gasteiger partial charge in [0.2, 0.25) is 0 Å². The van der Waals surface area contributed by atoms with E-state index in [1.54, 1.807) is 6.07 Å². The zero-order chi connectivity index (χ0) is 27.2. The van der Waals surface area contributed by atoms with E-state index < -0.39 is 17.8 Å². The van der Waals surface area contributed by atoms with Gasteiger partial charge in [0.25, 0.3) is 0 Å². The van der Waals surface area contributed by atoms with Crippen LogP contribution < -0.4 is 10.1 Å². The number of carbonyl (C=O) groups is 1. The number of likely N-dealkylation sites (tertiary alicyclic amines) is 1. The van der Waals surface area contributed by atoms with Crippen LogP contribution in [-0.2, 0) is 27.1 Å². The molecular formula is C30H40FN3O5. The van der Waals surface area contributed by atoms with Crippen molar-refractivity contribution in [3.05, 3.63) is 52.5 Å². The number of unbranched alkanes of at least 4 members (excludes halogenated alkanes) is 2. The number of methoxy groups -OCH3 is 1. The molecule has 9 heteroatoms. The average molecular weight is 542 g/mol. The topological polar surface area (TPSA) is 93.2 Å². The van der Waals surface area contributed by atoms with Crippen LogP contribution in [0.15, 0.2) is 24.3 Å². The number of benzene rings is 1. The Morgan fingerprint density at radius 1 is 1.26 bits per heavy atom. The normalized spacial score (nSPS) is 21.9. The fraction of sp³-hybridized carbons (Fsp3) is 0.600. The van der Waals surface area contributed by atoms with Gasteiger partial charge in [0.15, 0.2) is 11.6 Å². The smallest absolute Gasteiger partial charge is 0.325 e. The van der Waals surface area contributed by atoms with Crippen molar-refractivity contribution in [1.29, 1.82) is 0 Å². The molecule has 0 saturated carbocycles. The summed E-state index contributed by atoms with van der Waals surface area (Å²) in [6.45, 7) is 3.32. The summed E-state index contributed by atoms with van der Waals surface area (Å²) in [5, 5.41) is 13.6. The summed E-state index contributed by atoms with van der Waals surface area (Å²) >= 11 is 0. The van der Waals surface area contributed by atoms with Crippen LogP contribution in [0.4, 0.5) is 10.2 Å². The van der Waals surface area contributed by atoms with E-state index in [-0.39, 0.29) is 18.0 Å². The SMILES string of the molecule is COc1c(F)cc([C@H]2CCCO2)cc1[C@@H](C(=O)O)N1CC[C@@H](OCCCCCc2ccc3c(n2)NCCC3)C1. The number of halogens is 1. The van der Waals surface area contributed by atoms with Crippen LogP contribution in [-0.4, -0.2) is 67.0 Å². The molecule has 1 aromatic heterocycles. The molecular weight excluding hydrogens is 501 g/mol. The van der Waals surface area contributed by atoms with Gasteiger partial charge in [0.1, 0.15) is 11.9 Å². The van der Waals surface area contributed by atoms with Crippen LogP contribution in [0.5, 0.6) is 5.75 Å². The summed E-state index contributed by atoms with van der Waals surface area (Å²) in [5.41, 5.74) is 3.45. The van der Waals surface area contributed by atoms with Crippen molar-refractivity contribution < 1.29 is 28.5 Å². The molecule has 0 aliphatic carbocycles. The van der Waals surface area contributed by atoms with Crippen molar-refractivity contribution in [2.45, 2.75) is 76.0 Å². The molecule has 2 saturated heterocycles. The molecule has 0 bridgehead atoms. The van der Waals surface area contributed by atoms with Crippen LogP contribution in [0, 0.1) is 5.82 Å². The first kappa shape index (κ1) is 27.8. The molecule has 3 aliphatic rings. The Morgan fingerprint density at radius 2 is 2.15 bits per heavy atom. The van der Waals surface area contributed by atoms with Crippen molar-refractivity contribution in [3.63, 3.8) is 0 Å². The standard InChI is InChI=1S/C30H40FN3O5/c1-37-28-24(17-21(18-25(28)31)26-9-6-16-39-26)27(30(35)36)34-14-12-23(19-34)38-15-4-2-3-8-22-11-10-20-7-5-13-32-29(20)33-22/h10-11,17-18,23,26-27H,2-9,12-16,19H2,1H3,(H,32,33)(H,35,36)/t23-,26-,27+/m1/s1. The number of ether oxygens (including phenoxy) is 3. The summed E-state index contributed by atoms with van der Waals surface area (Å²) in [5.74, 6) is -0.548. The lowest BCUT2D eigenvalue weighted by atomic mass is 9.97. The predicted molar refractivity (Wildman–Crippen MR) is 146 cm³/mol. The monoisotopic (exact) mass is 541 g/mol. The van der Waals surface area contributed by atoms with E-state index in [0.717, 1.165) is 69.4 Å². The number of carboxylic acid groups (broad SMARTS) is 1. The van der Waals surface area contributed by atoms with E-state index in [9.17, 15) is 14.3 Å². The number of anilines is 1. The molecule has 0 unspecified atom stereocenters. The van der Waals surface area contributed by atoms with E-state index in [1.165, 1.54) is 25.2 Å². The fourth-order valence-electron chi connectivity index (χ4n) is 6.03. The van der Waals surface area contributed by atoms with Crippen molar-refractivity contribution in [3.8, 4) is 5.75 Å². The minimum atomic E-state index is -1.02. The van der Waals surface area contributed by atoms with Gasteiger partial charge < -0.3 is 24.6 Å². The van der Waals surface area contributed by atoms with Gasteiger partial charge in [-0.25, -0.2) is 9.37 Å². The number of hydrogen-bond acceptors (Lipinski definition) is 7. The molecule has 5 rings (SSSR count). The number of nitrogens with one attached hydrogen (secondary N) is 1. The largest absolute Gasteiger partial charge is 0.493 e. The number of pyridine rings is 1. The van der Waals surface area contributed by atoms with Gasteiger partial charge in [-0.3, -0.25) is 9.69 Å². The van der Waals surface area contributed by atoms with Gasteiger partial charge in [-0.1, -0.05) is 12.5 Å². The first-order valence-corrected chi connectivity index (χ1v) is 14.3. The van der Waals surface area contributed by atoms with Crippen molar-refractivity contribution in [2.24, 2.45) is 0 Å². The maximum absolute atomic E-state index is 15.0. The number of aliphatic carboxylic acids is 1. The molecule has 2 aromatic rings. The Labute approximate surface area is 229 Å². The molecule has 0 radical (unpaired) electrons. The fourth-order valence-corrected chi connectivity index (χ4v) is 6.03.